The van der Waals surface area contributed by atoms with Crippen LogP contribution in [0.25, 0.3) is 11.7 Å². The van der Waals surface area contributed by atoms with Gasteiger partial charge in [0.25, 0.3) is 5.82 Å². The summed E-state index contributed by atoms with van der Waals surface area (Å²) < 4.78 is 50.2. The van der Waals surface area contributed by atoms with Gasteiger partial charge < -0.3 is 9.47 Å². The number of aromatic nitrogens is 4. The first-order valence-corrected chi connectivity index (χ1v) is 7.20. The molecule has 0 saturated carbocycles. The highest BCUT2D eigenvalue weighted by molar-refractivity contribution is 5.56. The number of allylic oxidation sites excluding steroid dienone is 1. The topological polar surface area (TPSA) is 61.5 Å². The van der Waals surface area contributed by atoms with E-state index in [9.17, 15) is 13.2 Å². The van der Waals surface area contributed by atoms with Gasteiger partial charge in [0.2, 0.25) is 5.88 Å². The monoisotopic (exact) mass is 350 g/mol. The second kappa shape index (κ2) is 6.42. The van der Waals surface area contributed by atoms with Crippen molar-refractivity contribution in [1.82, 2.24) is 19.8 Å². The van der Waals surface area contributed by atoms with Crippen LogP contribution in [-0.2, 0) is 6.18 Å². The zero-order valence-electron chi connectivity index (χ0n) is 13.3. The number of alkyl halides is 3. The quantitative estimate of drug-likeness (QED) is 0.712. The van der Waals surface area contributed by atoms with E-state index < -0.39 is 12.0 Å². The summed E-state index contributed by atoms with van der Waals surface area (Å²) in [6, 6.07) is 7.93. The molecule has 2 heterocycles. The van der Waals surface area contributed by atoms with E-state index in [2.05, 4.69) is 15.3 Å². The zero-order chi connectivity index (χ0) is 18.0. The number of methoxy groups -OCH3 is 1. The molecule has 0 spiro atoms. The SMILES string of the molecule is CC=Cc1ccc(Oc2ccc3nnc(C(F)(F)F)n3n2)c(OC)c1. The van der Waals surface area contributed by atoms with E-state index in [1.807, 2.05) is 19.1 Å². The molecule has 0 aliphatic heterocycles. The third kappa shape index (κ3) is 3.39. The van der Waals surface area contributed by atoms with Gasteiger partial charge in [-0.25, -0.2) is 0 Å². The van der Waals surface area contributed by atoms with Gasteiger partial charge in [0.05, 0.1) is 7.11 Å². The molecule has 9 heteroatoms. The largest absolute Gasteiger partial charge is 0.493 e. The van der Waals surface area contributed by atoms with Gasteiger partial charge in [0, 0.05) is 6.07 Å². The standard InChI is InChI=1S/C16H13F3N4O2/c1-3-4-10-5-6-11(12(9-10)24-2)25-14-8-7-13-20-21-15(16(17,18)19)23(13)22-14/h3-9H,1-2H3. The van der Waals surface area contributed by atoms with Crippen molar-refractivity contribution < 1.29 is 22.6 Å². The smallest absolute Gasteiger partial charge is 0.453 e. The Morgan fingerprint density at radius 1 is 1.08 bits per heavy atom. The van der Waals surface area contributed by atoms with Gasteiger partial charge >= 0.3 is 6.18 Å². The first-order chi connectivity index (χ1) is 11.9. The van der Waals surface area contributed by atoms with Crippen molar-refractivity contribution in [2.45, 2.75) is 13.1 Å². The Morgan fingerprint density at radius 2 is 1.88 bits per heavy atom. The minimum atomic E-state index is -4.67. The van der Waals surface area contributed by atoms with Crippen LogP contribution in [0.2, 0.25) is 0 Å². The number of benzene rings is 1. The van der Waals surface area contributed by atoms with Crippen molar-refractivity contribution in [3.05, 3.63) is 47.8 Å². The molecule has 2 aromatic heterocycles. The second-order valence-corrected chi connectivity index (χ2v) is 4.98. The molecule has 0 aliphatic carbocycles. The molecule has 3 aromatic rings. The predicted molar refractivity (Wildman–Crippen MR) is 83.6 cm³/mol. The van der Waals surface area contributed by atoms with E-state index in [1.165, 1.54) is 19.2 Å². The summed E-state index contributed by atoms with van der Waals surface area (Å²) in [5.74, 6) is -0.514. The van der Waals surface area contributed by atoms with Crippen LogP contribution in [-0.4, -0.2) is 26.9 Å². The van der Waals surface area contributed by atoms with Gasteiger partial charge in [-0.1, -0.05) is 18.2 Å². The van der Waals surface area contributed by atoms with Gasteiger partial charge in [-0.3, -0.25) is 0 Å². The highest BCUT2D eigenvalue weighted by atomic mass is 19.4. The van der Waals surface area contributed by atoms with Crippen LogP contribution in [0.1, 0.15) is 18.3 Å². The summed E-state index contributed by atoms with van der Waals surface area (Å²) in [7, 11) is 1.47. The van der Waals surface area contributed by atoms with E-state index in [-0.39, 0.29) is 11.5 Å². The normalized spacial score (nSPS) is 12.0. The number of hydrogen-bond donors (Lipinski definition) is 0. The lowest BCUT2D eigenvalue weighted by atomic mass is 10.2. The summed E-state index contributed by atoms with van der Waals surface area (Å²) in [5, 5.41) is 10.4. The van der Waals surface area contributed by atoms with Gasteiger partial charge in [-0.05, 0) is 30.7 Å². The summed E-state index contributed by atoms with van der Waals surface area (Å²) in [6.45, 7) is 1.88. The molecule has 0 amide bonds. The Hall–Kier alpha value is -3.10. The van der Waals surface area contributed by atoms with E-state index in [4.69, 9.17) is 9.47 Å². The zero-order valence-corrected chi connectivity index (χ0v) is 13.3. The molecule has 0 atom stereocenters. The second-order valence-electron chi connectivity index (χ2n) is 4.98. The number of ether oxygens (including phenoxy) is 2. The van der Waals surface area contributed by atoms with Crippen LogP contribution < -0.4 is 9.47 Å². The highest BCUT2D eigenvalue weighted by Gasteiger charge is 2.37. The number of halogens is 3. The first-order valence-electron chi connectivity index (χ1n) is 7.20. The van der Waals surface area contributed by atoms with Gasteiger partial charge in [-0.2, -0.15) is 17.7 Å². The lowest BCUT2D eigenvalue weighted by Crippen LogP contribution is -2.12. The molecule has 0 N–H and O–H groups in total. The predicted octanol–water partition coefficient (Wildman–Crippen LogP) is 3.98. The lowest BCUT2D eigenvalue weighted by molar-refractivity contribution is -0.146. The minimum Gasteiger partial charge on any atom is -0.493 e. The third-order valence-corrected chi connectivity index (χ3v) is 3.25. The van der Waals surface area contributed by atoms with Crippen molar-refractivity contribution in [1.29, 1.82) is 0 Å². The molecule has 3 rings (SSSR count). The van der Waals surface area contributed by atoms with Crippen molar-refractivity contribution in [3.8, 4) is 17.4 Å². The first kappa shape index (κ1) is 16.7. The van der Waals surface area contributed by atoms with Crippen molar-refractivity contribution in [2.75, 3.05) is 7.11 Å². The van der Waals surface area contributed by atoms with Crippen LogP contribution in [0.15, 0.2) is 36.4 Å². The molecule has 0 fully saturated rings. The summed E-state index contributed by atoms with van der Waals surface area (Å²) in [4.78, 5) is 0. The van der Waals surface area contributed by atoms with Gasteiger partial charge in [0.1, 0.15) is 0 Å². The van der Waals surface area contributed by atoms with Gasteiger partial charge in [0.15, 0.2) is 17.1 Å². The van der Waals surface area contributed by atoms with Crippen molar-refractivity contribution in [3.63, 3.8) is 0 Å². The van der Waals surface area contributed by atoms with E-state index in [0.717, 1.165) is 5.56 Å². The maximum Gasteiger partial charge on any atom is 0.453 e. The maximum atomic E-state index is 12.9. The third-order valence-electron chi connectivity index (χ3n) is 3.25. The molecule has 0 unspecified atom stereocenters. The number of rotatable bonds is 4. The van der Waals surface area contributed by atoms with Crippen LogP contribution in [0.4, 0.5) is 13.2 Å². The lowest BCUT2D eigenvalue weighted by Gasteiger charge is -2.11. The van der Waals surface area contributed by atoms with E-state index >= 15 is 0 Å². The molecule has 0 aliphatic rings. The molecular formula is C16H13F3N4O2. The van der Waals surface area contributed by atoms with E-state index in [1.54, 1.807) is 18.2 Å². The Balaban J connectivity index is 1.98. The number of fused-ring (bicyclic) bond motifs is 1. The average molecular weight is 350 g/mol. The molecule has 0 saturated heterocycles. The molecule has 0 radical (unpaired) electrons. The Bertz CT molecular complexity index is 935. The number of hydrogen-bond acceptors (Lipinski definition) is 5. The van der Waals surface area contributed by atoms with Crippen LogP contribution in [0.5, 0.6) is 17.4 Å². The highest BCUT2D eigenvalue weighted by Crippen LogP contribution is 2.33. The van der Waals surface area contributed by atoms with Crippen LogP contribution in [0, 0.1) is 0 Å². The van der Waals surface area contributed by atoms with Crippen LogP contribution in [0.3, 0.4) is 0 Å². The van der Waals surface area contributed by atoms with Crippen molar-refractivity contribution >= 4 is 11.7 Å². The molecule has 6 nitrogen and oxygen atoms in total. The Labute approximate surface area is 140 Å². The summed E-state index contributed by atoms with van der Waals surface area (Å²) >= 11 is 0. The summed E-state index contributed by atoms with van der Waals surface area (Å²) in [6.07, 6.45) is -0.921. The molecule has 130 valence electrons. The van der Waals surface area contributed by atoms with Crippen molar-refractivity contribution in [2.24, 2.45) is 0 Å². The minimum absolute atomic E-state index is 0.0323. The molecule has 25 heavy (non-hydrogen) atoms. The van der Waals surface area contributed by atoms with E-state index in [0.29, 0.717) is 16.0 Å². The Kier molecular flexibility index (Phi) is 4.30. The Morgan fingerprint density at radius 3 is 2.56 bits per heavy atom. The van der Waals surface area contributed by atoms with Crippen LogP contribution >= 0.6 is 0 Å². The fourth-order valence-electron chi connectivity index (χ4n) is 2.18. The fraction of sp³-hybridized carbons (Fsp3) is 0.188. The summed E-state index contributed by atoms with van der Waals surface area (Å²) in [5.41, 5.74) is 0.864. The fourth-order valence-corrected chi connectivity index (χ4v) is 2.18. The van der Waals surface area contributed by atoms with Gasteiger partial charge in [-0.15, -0.1) is 15.3 Å². The molecule has 0 bridgehead atoms. The average Bonchev–Trinajstić information content (AvgIpc) is 3.00. The number of nitrogens with zero attached hydrogens (tertiary/aromatic N) is 4. The molecular weight excluding hydrogens is 337 g/mol. The molecule has 1 aromatic carbocycles. The maximum absolute atomic E-state index is 12.9.